The fraction of sp³-hybridized carbons (Fsp3) is 0.625. The van der Waals surface area contributed by atoms with E-state index in [1.807, 2.05) is 0 Å². The number of aromatic amines is 1. The number of ether oxygens (including phenoxy) is 1. The van der Waals surface area contributed by atoms with E-state index in [-0.39, 0.29) is 11.8 Å². The van der Waals surface area contributed by atoms with E-state index >= 15 is 0 Å². The number of aryl methyl sites for hydroxylation is 1. The van der Waals surface area contributed by atoms with E-state index < -0.39 is 5.97 Å². The zero-order chi connectivity index (χ0) is 15.2. The molecule has 0 unspecified atom stereocenters. The van der Waals surface area contributed by atoms with Crippen LogP contribution in [0.4, 0.5) is 5.69 Å². The largest absolute Gasteiger partial charge is 0.462 e. The van der Waals surface area contributed by atoms with Gasteiger partial charge in [-0.15, -0.1) is 0 Å². The minimum Gasteiger partial charge on any atom is -0.462 e. The number of rotatable bonds is 4. The zero-order valence-corrected chi connectivity index (χ0v) is 12.8. The topological polar surface area (TPSA) is 71.2 Å². The summed E-state index contributed by atoms with van der Waals surface area (Å²) in [4.78, 5) is 27.3. The minimum atomic E-state index is -0.396. The lowest BCUT2D eigenvalue weighted by Crippen LogP contribution is -2.23. The Bertz CT molecular complexity index is 500. The Kier molecular flexibility index (Phi) is 5.42. The van der Waals surface area contributed by atoms with Gasteiger partial charge in [-0.1, -0.05) is 25.7 Å². The van der Waals surface area contributed by atoms with Crippen molar-refractivity contribution in [1.82, 2.24) is 4.98 Å². The van der Waals surface area contributed by atoms with Crippen LogP contribution in [-0.4, -0.2) is 23.5 Å². The summed E-state index contributed by atoms with van der Waals surface area (Å²) < 4.78 is 5.04. The molecule has 0 radical (unpaired) electrons. The molecule has 1 aliphatic rings. The van der Waals surface area contributed by atoms with Crippen molar-refractivity contribution < 1.29 is 14.3 Å². The molecule has 1 fully saturated rings. The van der Waals surface area contributed by atoms with Gasteiger partial charge in [-0.3, -0.25) is 4.79 Å². The number of amides is 1. The normalized spacial score (nSPS) is 16.3. The van der Waals surface area contributed by atoms with Gasteiger partial charge in [-0.25, -0.2) is 4.79 Å². The van der Waals surface area contributed by atoms with Gasteiger partial charge >= 0.3 is 5.97 Å². The van der Waals surface area contributed by atoms with E-state index in [9.17, 15) is 9.59 Å². The van der Waals surface area contributed by atoms with E-state index in [0.717, 1.165) is 25.7 Å². The van der Waals surface area contributed by atoms with Crippen molar-refractivity contribution >= 4 is 17.6 Å². The molecular formula is C16H24N2O3. The summed E-state index contributed by atoms with van der Waals surface area (Å²) in [5.41, 5.74) is 1.67. The molecule has 116 valence electrons. The summed E-state index contributed by atoms with van der Waals surface area (Å²) in [5, 5.41) is 2.90. The van der Waals surface area contributed by atoms with E-state index in [0.29, 0.717) is 23.6 Å². The molecule has 0 saturated heterocycles. The van der Waals surface area contributed by atoms with Crippen molar-refractivity contribution in [3.63, 3.8) is 0 Å². The molecule has 1 aliphatic carbocycles. The second-order valence-corrected chi connectivity index (χ2v) is 5.60. The lowest BCUT2D eigenvalue weighted by Gasteiger charge is -2.14. The molecule has 5 heteroatoms. The third kappa shape index (κ3) is 3.86. The number of hydrogen-bond donors (Lipinski definition) is 2. The maximum Gasteiger partial charge on any atom is 0.342 e. The Hall–Kier alpha value is -1.78. The van der Waals surface area contributed by atoms with Crippen molar-refractivity contribution in [1.29, 1.82) is 0 Å². The maximum atomic E-state index is 12.4. The first-order chi connectivity index (χ1) is 10.1. The second kappa shape index (κ2) is 7.29. The number of anilines is 1. The van der Waals surface area contributed by atoms with Crippen molar-refractivity contribution in [3.8, 4) is 0 Å². The van der Waals surface area contributed by atoms with Crippen molar-refractivity contribution in [2.24, 2.45) is 5.92 Å². The first kappa shape index (κ1) is 15.6. The Morgan fingerprint density at radius 1 is 1.29 bits per heavy atom. The molecule has 0 spiro atoms. The predicted octanol–water partition coefficient (Wildman–Crippen LogP) is 3.41. The predicted molar refractivity (Wildman–Crippen MR) is 81.3 cm³/mol. The van der Waals surface area contributed by atoms with Gasteiger partial charge in [0, 0.05) is 17.8 Å². The molecule has 0 atom stereocenters. The number of esters is 1. The number of carbonyl (C=O) groups excluding carboxylic acids is 2. The molecule has 2 N–H and O–H groups in total. The van der Waals surface area contributed by atoms with Gasteiger partial charge < -0.3 is 15.0 Å². The molecule has 1 aromatic heterocycles. The average Bonchev–Trinajstić information content (AvgIpc) is 2.68. The van der Waals surface area contributed by atoms with Gasteiger partial charge in [-0.05, 0) is 26.7 Å². The number of H-pyrrole nitrogens is 1. The van der Waals surface area contributed by atoms with Crippen LogP contribution in [0.1, 0.15) is 61.5 Å². The van der Waals surface area contributed by atoms with Gasteiger partial charge in [0.25, 0.3) is 0 Å². The third-order valence-electron chi connectivity index (χ3n) is 4.04. The molecule has 0 aliphatic heterocycles. The first-order valence-corrected chi connectivity index (χ1v) is 7.79. The molecule has 21 heavy (non-hydrogen) atoms. The first-order valence-electron chi connectivity index (χ1n) is 7.79. The fourth-order valence-corrected chi connectivity index (χ4v) is 2.87. The molecule has 1 amide bonds. The summed E-state index contributed by atoms with van der Waals surface area (Å²) in [6, 6.07) is 0. The van der Waals surface area contributed by atoms with Gasteiger partial charge in [0.15, 0.2) is 0 Å². The van der Waals surface area contributed by atoms with Gasteiger partial charge in [-0.2, -0.15) is 0 Å². The van der Waals surface area contributed by atoms with Crippen LogP contribution in [0.2, 0.25) is 0 Å². The van der Waals surface area contributed by atoms with E-state index in [1.54, 1.807) is 20.0 Å². The lowest BCUT2D eigenvalue weighted by molar-refractivity contribution is -0.120. The van der Waals surface area contributed by atoms with Crippen molar-refractivity contribution in [2.75, 3.05) is 11.9 Å². The molecule has 1 heterocycles. The SMILES string of the molecule is CCOC(=O)c1c(NC(=O)C2CCCCCC2)c[nH]c1C. The molecule has 0 aromatic carbocycles. The zero-order valence-electron chi connectivity index (χ0n) is 12.8. The highest BCUT2D eigenvalue weighted by Gasteiger charge is 2.24. The summed E-state index contributed by atoms with van der Waals surface area (Å²) in [7, 11) is 0. The molecule has 5 nitrogen and oxygen atoms in total. The van der Waals surface area contributed by atoms with Gasteiger partial charge in [0.05, 0.1) is 12.3 Å². The number of nitrogens with one attached hydrogen (secondary N) is 2. The van der Waals surface area contributed by atoms with Crippen LogP contribution in [0.25, 0.3) is 0 Å². The summed E-state index contributed by atoms with van der Waals surface area (Å²) in [5.74, 6) is -0.327. The highest BCUT2D eigenvalue weighted by molar-refractivity contribution is 6.02. The molecule has 0 bridgehead atoms. The minimum absolute atomic E-state index is 0.0152. The van der Waals surface area contributed by atoms with Crippen LogP contribution < -0.4 is 5.32 Å². The van der Waals surface area contributed by atoms with Gasteiger partial charge in [0.2, 0.25) is 5.91 Å². The molecule has 2 rings (SSSR count). The number of aromatic nitrogens is 1. The smallest absolute Gasteiger partial charge is 0.342 e. The summed E-state index contributed by atoms with van der Waals surface area (Å²) in [6.45, 7) is 3.89. The summed E-state index contributed by atoms with van der Waals surface area (Å²) >= 11 is 0. The molecule has 1 aromatic rings. The van der Waals surface area contributed by atoms with Crippen molar-refractivity contribution in [3.05, 3.63) is 17.5 Å². The Balaban J connectivity index is 2.08. The van der Waals surface area contributed by atoms with Crippen LogP contribution >= 0.6 is 0 Å². The second-order valence-electron chi connectivity index (χ2n) is 5.60. The lowest BCUT2D eigenvalue weighted by atomic mass is 9.99. The highest BCUT2D eigenvalue weighted by atomic mass is 16.5. The van der Waals surface area contributed by atoms with Crippen LogP contribution in [0, 0.1) is 12.8 Å². The van der Waals surface area contributed by atoms with Crippen molar-refractivity contribution in [2.45, 2.75) is 52.4 Å². The highest BCUT2D eigenvalue weighted by Crippen LogP contribution is 2.26. The molecule has 1 saturated carbocycles. The maximum absolute atomic E-state index is 12.4. The van der Waals surface area contributed by atoms with Gasteiger partial charge in [0.1, 0.15) is 5.56 Å². The number of carbonyl (C=O) groups is 2. The third-order valence-corrected chi connectivity index (χ3v) is 4.04. The Labute approximate surface area is 125 Å². The van der Waals surface area contributed by atoms with Crippen LogP contribution in [-0.2, 0) is 9.53 Å². The standard InChI is InChI=1S/C16H24N2O3/c1-3-21-16(20)14-11(2)17-10-13(14)18-15(19)12-8-6-4-5-7-9-12/h10,12,17H,3-9H2,1-2H3,(H,18,19). The Morgan fingerprint density at radius 2 is 1.95 bits per heavy atom. The van der Waals surface area contributed by atoms with Crippen LogP contribution in [0.15, 0.2) is 6.20 Å². The van der Waals surface area contributed by atoms with Crippen LogP contribution in [0.5, 0.6) is 0 Å². The average molecular weight is 292 g/mol. The monoisotopic (exact) mass is 292 g/mol. The molecular weight excluding hydrogens is 268 g/mol. The Morgan fingerprint density at radius 3 is 2.57 bits per heavy atom. The fourth-order valence-electron chi connectivity index (χ4n) is 2.87. The van der Waals surface area contributed by atoms with E-state index in [2.05, 4.69) is 10.3 Å². The number of hydrogen-bond acceptors (Lipinski definition) is 3. The quantitative estimate of drug-likeness (QED) is 0.660. The van der Waals surface area contributed by atoms with E-state index in [4.69, 9.17) is 4.74 Å². The summed E-state index contributed by atoms with van der Waals surface area (Å²) in [6.07, 6.45) is 8.16. The van der Waals surface area contributed by atoms with E-state index in [1.165, 1.54) is 12.8 Å². The van der Waals surface area contributed by atoms with Crippen LogP contribution in [0.3, 0.4) is 0 Å².